The molecule has 154 valence electrons. The number of rotatable bonds is 8. The molecule has 0 aliphatic heterocycles. The fraction of sp³-hybridized carbons (Fsp3) is 0.182. The Balaban J connectivity index is 1.73. The van der Waals surface area contributed by atoms with Crippen molar-refractivity contribution in [1.29, 1.82) is 0 Å². The summed E-state index contributed by atoms with van der Waals surface area (Å²) in [7, 11) is 0. The summed E-state index contributed by atoms with van der Waals surface area (Å²) in [4.78, 5) is 37.2. The molecule has 0 aliphatic carbocycles. The fourth-order valence-electron chi connectivity index (χ4n) is 2.90. The zero-order valence-electron chi connectivity index (χ0n) is 16.3. The highest BCUT2D eigenvalue weighted by Crippen LogP contribution is 2.20. The average molecular weight is 423 g/mol. The van der Waals surface area contributed by atoms with Crippen LogP contribution in [0, 0.1) is 0 Å². The second-order valence-corrected chi connectivity index (χ2v) is 7.47. The molecule has 0 aliphatic rings. The maximum Gasteiger partial charge on any atom is 0.326 e. The fourth-order valence-corrected chi connectivity index (χ4v) is 3.31. The van der Waals surface area contributed by atoms with E-state index in [1.54, 1.807) is 42.1 Å². The molecule has 1 atom stereocenters. The molecule has 0 radical (unpaired) electrons. The normalized spacial score (nSPS) is 11.6. The molecule has 0 unspecified atom stereocenters. The predicted molar refractivity (Wildman–Crippen MR) is 115 cm³/mol. The molecule has 2 N–H and O–H groups in total. The number of carboxylic acids is 1. The molecule has 1 amide bonds. The van der Waals surface area contributed by atoms with E-state index in [-0.39, 0.29) is 13.0 Å². The topological polar surface area (TPSA) is 101 Å². The molecule has 2 aromatic carbocycles. The van der Waals surface area contributed by atoms with Gasteiger partial charge in [-0.3, -0.25) is 9.59 Å². The molecule has 0 saturated heterocycles. The van der Waals surface area contributed by atoms with E-state index in [2.05, 4.69) is 10.4 Å². The van der Waals surface area contributed by atoms with Crippen LogP contribution in [0.3, 0.4) is 0 Å². The molecule has 7 nitrogen and oxygen atoms in total. The van der Waals surface area contributed by atoms with Crippen molar-refractivity contribution in [2.75, 3.05) is 6.26 Å². The quantitative estimate of drug-likeness (QED) is 0.540. The van der Waals surface area contributed by atoms with Gasteiger partial charge in [-0.2, -0.15) is 5.10 Å². The number of amides is 1. The highest BCUT2D eigenvalue weighted by molar-refractivity contribution is 7.98. The highest BCUT2D eigenvalue weighted by atomic mass is 32.2. The van der Waals surface area contributed by atoms with Gasteiger partial charge in [-0.25, -0.2) is 9.48 Å². The Kier molecular flexibility index (Phi) is 7.03. The van der Waals surface area contributed by atoms with Gasteiger partial charge < -0.3 is 10.4 Å². The van der Waals surface area contributed by atoms with Crippen molar-refractivity contribution in [2.24, 2.45) is 0 Å². The average Bonchev–Trinajstić information content (AvgIpc) is 2.75. The molecule has 3 aromatic rings. The van der Waals surface area contributed by atoms with Crippen LogP contribution in [0.15, 0.2) is 76.4 Å². The van der Waals surface area contributed by atoms with Crippen molar-refractivity contribution >= 4 is 23.6 Å². The van der Waals surface area contributed by atoms with Gasteiger partial charge in [0.1, 0.15) is 12.6 Å². The highest BCUT2D eigenvalue weighted by Gasteiger charge is 2.21. The first-order valence-electron chi connectivity index (χ1n) is 9.25. The second-order valence-electron chi connectivity index (χ2n) is 6.59. The van der Waals surface area contributed by atoms with Crippen LogP contribution < -0.4 is 10.9 Å². The van der Waals surface area contributed by atoms with Gasteiger partial charge in [0, 0.05) is 22.9 Å². The minimum Gasteiger partial charge on any atom is -0.480 e. The van der Waals surface area contributed by atoms with Crippen molar-refractivity contribution in [3.05, 3.63) is 82.6 Å². The Morgan fingerprint density at radius 3 is 2.40 bits per heavy atom. The molecule has 8 heteroatoms. The molecule has 1 heterocycles. The Morgan fingerprint density at radius 1 is 1.07 bits per heavy atom. The monoisotopic (exact) mass is 423 g/mol. The number of thioether (sulfide) groups is 1. The lowest BCUT2D eigenvalue weighted by atomic mass is 10.1. The number of nitrogens with one attached hydrogen (secondary N) is 1. The summed E-state index contributed by atoms with van der Waals surface area (Å²) in [6, 6.07) is 18.5. The molecule has 0 bridgehead atoms. The number of hydrogen-bond acceptors (Lipinski definition) is 5. The van der Waals surface area contributed by atoms with E-state index in [1.807, 2.05) is 36.6 Å². The van der Waals surface area contributed by atoms with Crippen molar-refractivity contribution in [2.45, 2.75) is 23.9 Å². The molecule has 0 spiro atoms. The van der Waals surface area contributed by atoms with Crippen LogP contribution in [0.1, 0.15) is 5.56 Å². The summed E-state index contributed by atoms with van der Waals surface area (Å²) >= 11 is 1.62. The van der Waals surface area contributed by atoms with Gasteiger partial charge >= 0.3 is 5.97 Å². The van der Waals surface area contributed by atoms with Gasteiger partial charge in [0.2, 0.25) is 5.91 Å². The van der Waals surface area contributed by atoms with Crippen LogP contribution in [0.5, 0.6) is 0 Å². The third-order valence-corrected chi connectivity index (χ3v) is 5.21. The maximum absolute atomic E-state index is 12.4. The summed E-state index contributed by atoms with van der Waals surface area (Å²) in [6.07, 6.45) is 2.13. The predicted octanol–water partition coefficient (Wildman–Crippen LogP) is 2.44. The van der Waals surface area contributed by atoms with Gasteiger partial charge in [-0.15, -0.1) is 11.8 Å². The Labute approximate surface area is 177 Å². The first-order chi connectivity index (χ1) is 14.5. The Bertz CT molecular complexity index is 1080. The van der Waals surface area contributed by atoms with Gasteiger partial charge in [0.25, 0.3) is 5.56 Å². The number of carboxylic acid groups (broad SMARTS) is 1. The van der Waals surface area contributed by atoms with Crippen LogP contribution in [0.4, 0.5) is 0 Å². The van der Waals surface area contributed by atoms with Crippen molar-refractivity contribution in [3.8, 4) is 11.3 Å². The number of carbonyl (C=O) groups excluding carboxylic acids is 1. The lowest BCUT2D eigenvalue weighted by Crippen LogP contribution is -2.44. The molecular formula is C22H21N3O4S. The van der Waals surface area contributed by atoms with Gasteiger partial charge in [-0.1, -0.05) is 42.5 Å². The lowest BCUT2D eigenvalue weighted by Gasteiger charge is -2.15. The number of aromatic nitrogens is 2. The zero-order valence-corrected chi connectivity index (χ0v) is 17.1. The molecule has 0 saturated carbocycles. The standard InChI is InChI=1S/C22H21N3O4S/c1-30-17-9-7-16(8-10-17)18-11-12-21(27)25(24-18)14-20(26)23-19(22(28)29)13-15-5-3-2-4-6-15/h2-12,19H,13-14H2,1H3,(H,23,26)(H,28,29)/t19-/m1/s1. The molecule has 0 fully saturated rings. The van der Waals surface area contributed by atoms with Crippen LogP contribution in [-0.4, -0.2) is 39.1 Å². The molecule has 1 aromatic heterocycles. The molecule has 3 rings (SSSR count). The zero-order chi connectivity index (χ0) is 21.5. The van der Waals surface area contributed by atoms with E-state index in [0.717, 1.165) is 20.7 Å². The number of carbonyl (C=O) groups is 2. The first-order valence-corrected chi connectivity index (χ1v) is 10.5. The van der Waals surface area contributed by atoms with E-state index in [9.17, 15) is 19.5 Å². The van der Waals surface area contributed by atoms with E-state index >= 15 is 0 Å². The van der Waals surface area contributed by atoms with Gasteiger partial charge in [-0.05, 0) is 30.0 Å². The van der Waals surface area contributed by atoms with Gasteiger partial charge in [0.05, 0.1) is 5.69 Å². The van der Waals surface area contributed by atoms with E-state index < -0.39 is 23.5 Å². The Morgan fingerprint density at radius 2 is 1.77 bits per heavy atom. The number of nitrogens with zero attached hydrogens (tertiary/aromatic N) is 2. The summed E-state index contributed by atoms with van der Waals surface area (Å²) in [5, 5.41) is 16.2. The van der Waals surface area contributed by atoms with E-state index in [4.69, 9.17) is 0 Å². The summed E-state index contributed by atoms with van der Waals surface area (Å²) in [5.74, 6) is -1.74. The number of benzene rings is 2. The van der Waals surface area contributed by atoms with Crippen LogP contribution in [0.25, 0.3) is 11.3 Å². The van der Waals surface area contributed by atoms with Crippen molar-refractivity contribution in [3.63, 3.8) is 0 Å². The van der Waals surface area contributed by atoms with Gasteiger partial charge in [0.15, 0.2) is 0 Å². The van der Waals surface area contributed by atoms with Crippen LogP contribution in [0.2, 0.25) is 0 Å². The third-order valence-electron chi connectivity index (χ3n) is 4.46. The number of hydrogen-bond donors (Lipinski definition) is 2. The lowest BCUT2D eigenvalue weighted by molar-refractivity contribution is -0.141. The molecular weight excluding hydrogens is 402 g/mol. The third kappa shape index (κ3) is 5.57. The van der Waals surface area contributed by atoms with Crippen LogP contribution in [-0.2, 0) is 22.6 Å². The summed E-state index contributed by atoms with van der Waals surface area (Å²) in [6.45, 7) is -0.367. The minimum absolute atomic E-state index is 0.145. The minimum atomic E-state index is -1.14. The number of aliphatic carboxylic acids is 1. The van der Waals surface area contributed by atoms with E-state index in [1.165, 1.54) is 6.07 Å². The van der Waals surface area contributed by atoms with E-state index in [0.29, 0.717) is 5.69 Å². The van der Waals surface area contributed by atoms with Crippen LogP contribution >= 0.6 is 11.8 Å². The SMILES string of the molecule is CSc1ccc(-c2ccc(=O)n(CC(=O)N[C@H](Cc3ccccc3)C(=O)O)n2)cc1. The van der Waals surface area contributed by atoms with Crippen molar-refractivity contribution < 1.29 is 14.7 Å². The summed E-state index contributed by atoms with van der Waals surface area (Å²) < 4.78 is 1.04. The summed E-state index contributed by atoms with van der Waals surface area (Å²) in [5.41, 5.74) is 1.71. The Hall–Kier alpha value is -3.39. The largest absolute Gasteiger partial charge is 0.480 e. The first kappa shape index (κ1) is 21.3. The maximum atomic E-state index is 12.4. The van der Waals surface area contributed by atoms with Crippen molar-refractivity contribution in [1.82, 2.24) is 15.1 Å². The molecule has 30 heavy (non-hydrogen) atoms. The second kappa shape index (κ2) is 9.89. The smallest absolute Gasteiger partial charge is 0.326 e.